The summed E-state index contributed by atoms with van der Waals surface area (Å²) in [7, 11) is 0. The molecule has 2 aromatic heterocycles. The number of allylic oxidation sites excluding steroid dienone is 1. The number of thiazole rings is 1. The Hall–Kier alpha value is -2.82. The minimum Gasteiger partial charge on any atom is -0.258 e. The van der Waals surface area contributed by atoms with Crippen LogP contribution in [0, 0.1) is 21.4 Å². The highest BCUT2D eigenvalue weighted by molar-refractivity contribution is 7.20. The number of aromatic nitrogens is 1. The molecule has 5 nitrogen and oxygen atoms in total. The van der Waals surface area contributed by atoms with E-state index in [0.717, 1.165) is 9.88 Å². The van der Waals surface area contributed by atoms with Gasteiger partial charge < -0.3 is 0 Å². The zero-order valence-electron chi connectivity index (χ0n) is 11.7. The van der Waals surface area contributed by atoms with Crippen molar-refractivity contribution in [3.8, 4) is 16.0 Å². The molecular formula is C16H9N3O2S2. The van der Waals surface area contributed by atoms with Crippen LogP contribution in [0.15, 0.2) is 47.2 Å². The molecule has 0 saturated heterocycles. The summed E-state index contributed by atoms with van der Waals surface area (Å²) in [6.07, 6.45) is 1.69. The SMILES string of the molecule is N#C/C(=C\c1csc(-c2cccs2)n1)c1ccc([N+](=O)[O-])cc1. The minimum atomic E-state index is -0.465. The van der Waals surface area contributed by atoms with Crippen LogP contribution in [0.3, 0.4) is 0 Å². The topological polar surface area (TPSA) is 79.8 Å². The molecule has 1 aromatic carbocycles. The predicted molar refractivity (Wildman–Crippen MR) is 92.0 cm³/mol. The Labute approximate surface area is 139 Å². The number of non-ortho nitro benzene ring substituents is 1. The molecule has 3 rings (SSSR count). The standard InChI is InChI=1S/C16H9N3O2S2/c17-9-12(11-3-5-14(6-4-11)19(20)21)8-13-10-23-16(18-13)15-2-1-7-22-15/h1-8,10H/b12-8+. The van der Waals surface area contributed by atoms with Crippen LogP contribution in [0.4, 0.5) is 5.69 Å². The molecule has 0 aliphatic rings. The molecule has 0 radical (unpaired) electrons. The first kappa shape index (κ1) is 15.1. The Balaban J connectivity index is 1.90. The molecule has 0 saturated carbocycles. The van der Waals surface area contributed by atoms with Crippen molar-refractivity contribution in [1.82, 2.24) is 4.98 Å². The summed E-state index contributed by atoms with van der Waals surface area (Å²) >= 11 is 3.13. The predicted octanol–water partition coefficient (Wildman–Crippen LogP) is 4.84. The third kappa shape index (κ3) is 3.34. The number of nitrogens with zero attached hydrogens (tertiary/aromatic N) is 3. The molecule has 0 fully saturated rings. The van der Waals surface area contributed by atoms with Crippen molar-refractivity contribution in [3.63, 3.8) is 0 Å². The monoisotopic (exact) mass is 339 g/mol. The number of nitro groups is 1. The molecule has 0 unspecified atom stereocenters. The number of thiophene rings is 1. The Morgan fingerprint density at radius 3 is 2.65 bits per heavy atom. The molecule has 0 bridgehead atoms. The van der Waals surface area contributed by atoms with E-state index in [1.807, 2.05) is 22.9 Å². The zero-order chi connectivity index (χ0) is 16.2. The van der Waals surface area contributed by atoms with E-state index >= 15 is 0 Å². The lowest BCUT2D eigenvalue weighted by atomic mass is 10.1. The van der Waals surface area contributed by atoms with Gasteiger partial charge in [-0.1, -0.05) is 6.07 Å². The fourth-order valence-corrected chi connectivity index (χ4v) is 3.55. The second kappa shape index (κ2) is 6.52. The molecule has 0 atom stereocenters. The Kier molecular flexibility index (Phi) is 4.28. The summed E-state index contributed by atoms with van der Waals surface area (Å²) in [4.78, 5) is 15.8. The number of nitriles is 1. The molecule has 23 heavy (non-hydrogen) atoms. The van der Waals surface area contributed by atoms with Gasteiger partial charge in [0, 0.05) is 17.5 Å². The maximum atomic E-state index is 10.7. The van der Waals surface area contributed by atoms with Crippen LogP contribution < -0.4 is 0 Å². The first-order valence-corrected chi connectivity index (χ1v) is 8.29. The van der Waals surface area contributed by atoms with E-state index in [9.17, 15) is 15.4 Å². The fraction of sp³-hybridized carbons (Fsp3) is 0. The van der Waals surface area contributed by atoms with Crippen molar-refractivity contribution in [3.05, 3.63) is 68.5 Å². The van der Waals surface area contributed by atoms with E-state index in [1.54, 1.807) is 29.5 Å². The van der Waals surface area contributed by atoms with Gasteiger partial charge in [0.25, 0.3) is 5.69 Å². The molecular weight excluding hydrogens is 330 g/mol. The Morgan fingerprint density at radius 1 is 1.26 bits per heavy atom. The molecule has 3 aromatic rings. The van der Waals surface area contributed by atoms with Crippen molar-refractivity contribution in [2.45, 2.75) is 0 Å². The number of nitro benzene ring substituents is 1. The van der Waals surface area contributed by atoms with Crippen molar-refractivity contribution >= 4 is 40.0 Å². The number of hydrogen-bond acceptors (Lipinski definition) is 6. The highest BCUT2D eigenvalue weighted by Gasteiger charge is 2.09. The third-order valence-corrected chi connectivity index (χ3v) is 4.96. The van der Waals surface area contributed by atoms with E-state index in [4.69, 9.17) is 0 Å². The van der Waals surface area contributed by atoms with Crippen LogP contribution in [-0.4, -0.2) is 9.91 Å². The number of benzene rings is 1. The van der Waals surface area contributed by atoms with Crippen LogP contribution in [0.2, 0.25) is 0 Å². The highest BCUT2D eigenvalue weighted by atomic mass is 32.1. The van der Waals surface area contributed by atoms with Crippen molar-refractivity contribution in [2.24, 2.45) is 0 Å². The molecule has 0 amide bonds. The Morgan fingerprint density at radius 2 is 2.04 bits per heavy atom. The van der Waals surface area contributed by atoms with Gasteiger partial charge in [0.1, 0.15) is 5.01 Å². The second-order valence-corrected chi connectivity index (χ2v) is 6.33. The van der Waals surface area contributed by atoms with E-state index in [-0.39, 0.29) is 5.69 Å². The fourth-order valence-electron chi connectivity index (χ4n) is 1.96. The van der Waals surface area contributed by atoms with Gasteiger partial charge in [0.15, 0.2) is 0 Å². The smallest absolute Gasteiger partial charge is 0.258 e. The van der Waals surface area contributed by atoms with Crippen LogP contribution in [0.1, 0.15) is 11.3 Å². The summed E-state index contributed by atoms with van der Waals surface area (Å²) in [5.74, 6) is 0. The lowest BCUT2D eigenvalue weighted by Gasteiger charge is -1.98. The molecule has 112 valence electrons. The van der Waals surface area contributed by atoms with Crippen LogP contribution in [-0.2, 0) is 0 Å². The maximum Gasteiger partial charge on any atom is 0.269 e. The lowest BCUT2D eigenvalue weighted by molar-refractivity contribution is -0.384. The van der Waals surface area contributed by atoms with Gasteiger partial charge in [0.05, 0.1) is 27.1 Å². The van der Waals surface area contributed by atoms with Crippen molar-refractivity contribution in [2.75, 3.05) is 0 Å². The highest BCUT2D eigenvalue weighted by Crippen LogP contribution is 2.29. The first-order chi connectivity index (χ1) is 11.2. The number of hydrogen-bond donors (Lipinski definition) is 0. The van der Waals surface area contributed by atoms with Gasteiger partial charge in [-0.15, -0.1) is 22.7 Å². The van der Waals surface area contributed by atoms with Gasteiger partial charge in [-0.3, -0.25) is 10.1 Å². The van der Waals surface area contributed by atoms with Gasteiger partial charge in [-0.25, -0.2) is 4.98 Å². The third-order valence-electron chi connectivity index (χ3n) is 3.06. The summed E-state index contributed by atoms with van der Waals surface area (Å²) in [5.41, 5.74) is 1.75. The summed E-state index contributed by atoms with van der Waals surface area (Å²) in [6, 6.07) is 12.0. The van der Waals surface area contributed by atoms with Crippen LogP contribution >= 0.6 is 22.7 Å². The first-order valence-electron chi connectivity index (χ1n) is 6.53. The van der Waals surface area contributed by atoms with Crippen molar-refractivity contribution in [1.29, 1.82) is 5.26 Å². The van der Waals surface area contributed by atoms with Gasteiger partial charge in [-0.05, 0) is 35.2 Å². The quantitative estimate of drug-likeness (QED) is 0.387. The minimum absolute atomic E-state index is 0.000297. The zero-order valence-corrected chi connectivity index (χ0v) is 13.3. The summed E-state index contributed by atoms with van der Waals surface area (Å²) in [5, 5.41) is 24.8. The molecule has 0 aliphatic heterocycles. The molecule has 0 aliphatic carbocycles. The maximum absolute atomic E-state index is 10.7. The lowest BCUT2D eigenvalue weighted by Crippen LogP contribution is -1.88. The summed E-state index contributed by atoms with van der Waals surface area (Å²) in [6.45, 7) is 0. The molecule has 7 heteroatoms. The second-order valence-electron chi connectivity index (χ2n) is 4.53. The Bertz CT molecular complexity index is 904. The van der Waals surface area contributed by atoms with Crippen LogP contribution in [0.5, 0.6) is 0 Å². The molecule has 2 heterocycles. The van der Waals surface area contributed by atoms with E-state index in [0.29, 0.717) is 16.8 Å². The van der Waals surface area contributed by atoms with E-state index in [2.05, 4.69) is 11.1 Å². The average Bonchev–Trinajstić information content (AvgIpc) is 3.24. The summed E-state index contributed by atoms with van der Waals surface area (Å²) < 4.78 is 0. The van der Waals surface area contributed by atoms with Gasteiger partial charge >= 0.3 is 0 Å². The van der Waals surface area contributed by atoms with Crippen LogP contribution in [0.25, 0.3) is 21.5 Å². The van der Waals surface area contributed by atoms with E-state index in [1.165, 1.54) is 23.5 Å². The number of rotatable bonds is 4. The van der Waals surface area contributed by atoms with E-state index < -0.39 is 4.92 Å². The van der Waals surface area contributed by atoms with Crippen molar-refractivity contribution < 1.29 is 4.92 Å². The average molecular weight is 339 g/mol. The van der Waals surface area contributed by atoms with Gasteiger partial charge in [-0.2, -0.15) is 5.26 Å². The largest absolute Gasteiger partial charge is 0.269 e. The van der Waals surface area contributed by atoms with Gasteiger partial charge in [0.2, 0.25) is 0 Å². The normalized spacial score (nSPS) is 11.2. The molecule has 0 spiro atoms. The molecule has 0 N–H and O–H groups in total.